The Morgan fingerprint density at radius 1 is 1.10 bits per heavy atom. The Kier molecular flexibility index (Phi) is 8.30. The van der Waals surface area contributed by atoms with Crippen molar-refractivity contribution < 1.29 is 23.9 Å². The highest BCUT2D eigenvalue weighted by molar-refractivity contribution is 5.82. The minimum Gasteiger partial charge on any atom is -0.493 e. The Balaban J connectivity index is 1.61. The molecule has 0 aliphatic carbocycles. The van der Waals surface area contributed by atoms with Crippen LogP contribution in [0.5, 0.6) is 5.75 Å². The van der Waals surface area contributed by atoms with Crippen LogP contribution < -0.4 is 15.4 Å². The maximum absolute atomic E-state index is 12.3. The molecule has 160 valence electrons. The Morgan fingerprint density at radius 2 is 1.76 bits per heavy atom. The van der Waals surface area contributed by atoms with Gasteiger partial charge in [0.15, 0.2) is 0 Å². The molecule has 0 saturated carbocycles. The number of hydrogen-bond donors (Lipinski definition) is 2. The highest BCUT2D eigenvalue weighted by Gasteiger charge is 2.24. The highest BCUT2D eigenvalue weighted by atomic mass is 16.6. The number of para-hydroxylation sites is 1. The van der Waals surface area contributed by atoms with Crippen LogP contribution in [0.4, 0.5) is 4.79 Å². The summed E-state index contributed by atoms with van der Waals surface area (Å²) in [4.78, 5) is 37.7. The molecular weight excluding hydrogens is 374 g/mol. The molecule has 29 heavy (non-hydrogen) atoms. The van der Waals surface area contributed by atoms with Crippen molar-refractivity contribution >= 4 is 17.9 Å². The predicted molar refractivity (Wildman–Crippen MR) is 109 cm³/mol. The van der Waals surface area contributed by atoms with E-state index in [0.717, 1.165) is 5.75 Å². The maximum atomic E-state index is 12.3. The summed E-state index contributed by atoms with van der Waals surface area (Å²) in [6, 6.07) is 9.40. The number of alkyl carbamates (subject to hydrolysis) is 1. The van der Waals surface area contributed by atoms with Crippen molar-refractivity contribution in [2.75, 3.05) is 26.2 Å². The van der Waals surface area contributed by atoms with Gasteiger partial charge in [0.05, 0.1) is 13.0 Å². The predicted octanol–water partition coefficient (Wildman–Crippen LogP) is 2.09. The molecule has 3 amide bonds. The maximum Gasteiger partial charge on any atom is 0.408 e. The number of nitrogens with one attached hydrogen (secondary N) is 2. The van der Waals surface area contributed by atoms with Gasteiger partial charge in [-0.05, 0) is 45.7 Å². The van der Waals surface area contributed by atoms with E-state index in [1.54, 1.807) is 25.7 Å². The molecule has 0 spiro atoms. The first-order chi connectivity index (χ1) is 13.7. The number of amides is 3. The lowest BCUT2D eigenvalue weighted by Gasteiger charge is -2.32. The van der Waals surface area contributed by atoms with Crippen LogP contribution in [0.25, 0.3) is 0 Å². The summed E-state index contributed by atoms with van der Waals surface area (Å²) in [5, 5.41) is 5.33. The van der Waals surface area contributed by atoms with Gasteiger partial charge < -0.3 is 25.0 Å². The lowest BCUT2D eigenvalue weighted by Crippen LogP contribution is -2.49. The van der Waals surface area contributed by atoms with Gasteiger partial charge in [-0.25, -0.2) is 4.79 Å². The SMILES string of the molecule is CC(C)(C)OC(=O)NCC(=O)NC1CCN(C(=O)CCOc2ccccc2)CC1. The van der Waals surface area contributed by atoms with E-state index in [0.29, 0.717) is 39.0 Å². The number of benzene rings is 1. The van der Waals surface area contributed by atoms with Crippen molar-refractivity contribution in [3.05, 3.63) is 30.3 Å². The van der Waals surface area contributed by atoms with E-state index in [-0.39, 0.29) is 24.4 Å². The van der Waals surface area contributed by atoms with E-state index in [2.05, 4.69) is 10.6 Å². The average Bonchev–Trinajstić information content (AvgIpc) is 2.66. The Hall–Kier alpha value is -2.77. The highest BCUT2D eigenvalue weighted by Crippen LogP contribution is 2.13. The third kappa shape index (κ3) is 8.85. The zero-order valence-corrected chi connectivity index (χ0v) is 17.4. The molecule has 2 rings (SSSR count). The molecule has 8 heteroatoms. The molecule has 0 bridgehead atoms. The lowest BCUT2D eigenvalue weighted by atomic mass is 10.0. The van der Waals surface area contributed by atoms with Crippen molar-refractivity contribution in [3.8, 4) is 5.75 Å². The van der Waals surface area contributed by atoms with Gasteiger partial charge in [-0.2, -0.15) is 0 Å². The van der Waals surface area contributed by atoms with Gasteiger partial charge in [0, 0.05) is 19.1 Å². The van der Waals surface area contributed by atoms with Crippen molar-refractivity contribution in [2.45, 2.75) is 51.7 Å². The average molecular weight is 405 g/mol. The van der Waals surface area contributed by atoms with Crippen LogP contribution in [0, 0.1) is 0 Å². The number of nitrogens with zero attached hydrogens (tertiary/aromatic N) is 1. The summed E-state index contributed by atoms with van der Waals surface area (Å²) in [6.07, 6.45) is 1.07. The first-order valence-corrected chi connectivity index (χ1v) is 9.95. The number of carbonyl (C=O) groups excluding carboxylic acids is 3. The number of ether oxygens (including phenoxy) is 2. The fourth-order valence-corrected chi connectivity index (χ4v) is 2.95. The summed E-state index contributed by atoms with van der Waals surface area (Å²) >= 11 is 0. The number of likely N-dealkylation sites (tertiary alicyclic amines) is 1. The monoisotopic (exact) mass is 405 g/mol. The van der Waals surface area contributed by atoms with Crippen LogP contribution in [0.2, 0.25) is 0 Å². The van der Waals surface area contributed by atoms with Crippen LogP contribution >= 0.6 is 0 Å². The van der Waals surface area contributed by atoms with Crippen LogP contribution in [0.1, 0.15) is 40.0 Å². The van der Waals surface area contributed by atoms with E-state index in [1.807, 2.05) is 30.3 Å². The van der Waals surface area contributed by atoms with E-state index >= 15 is 0 Å². The van der Waals surface area contributed by atoms with Crippen molar-refractivity contribution in [2.24, 2.45) is 0 Å². The van der Waals surface area contributed by atoms with Gasteiger partial charge in [0.2, 0.25) is 11.8 Å². The normalized spacial score (nSPS) is 14.8. The quantitative estimate of drug-likeness (QED) is 0.724. The van der Waals surface area contributed by atoms with Crippen LogP contribution in [-0.2, 0) is 14.3 Å². The van der Waals surface area contributed by atoms with Gasteiger partial charge >= 0.3 is 6.09 Å². The van der Waals surface area contributed by atoms with Crippen LogP contribution in [0.3, 0.4) is 0 Å². The molecule has 1 aromatic rings. The van der Waals surface area contributed by atoms with Crippen molar-refractivity contribution in [1.29, 1.82) is 0 Å². The second-order valence-electron chi connectivity index (χ2n) is 7.99. The Labute approximate surface area is 171 Å². The van der Waals surface area contributed by atoms with E-state index in [4.69, 9.17) is 9.47 Å². The summed E-state index contributed by atoms with van der Waals surface area (Å²) in [6.45, 7) is 6.67. The van der Waals surface area contributed by atoms with Gasteiger partial charge in [0.1, 0.15) is 17.9 Å². The first kappa shape index (κ1) is 22.5. The largest absolute Gasteiger partial charge is 0.493 e. The molecule has 1 aliphatic rings. The Bertz CT molecular complexity index is 679. The second-order valence-corrected chi connectivity index (χ2v) is 7.99. The van der Waals surface area contributed by atoms with Gasteiger partial charge in [-0.3, -0.25) is 9.59 Å². The smallest absolute Gasteiger partial charge is 0.408 e. The third-order valence-corrected chi connectivity index (χ3v) is 4.33. The van der Waals surface area contributed by atoms with Gasteiger partial charge in [-0.1, -0.05) is 18.2 Å². The lowest BCUT2D eigenvalue weighted by molar-refractivity contribution is -0.132. The Morgan fingerprint density at radius 3 is 2.38 bits per heavy atom. The second kappa shape index (κ2) is 10.7. The summed E-state index contributed by atoms with van der Waals surface area (Å²) in [5.41, 5.74) is -0.605. The van der Waals surface area contributed by atoms with E-state index in [9.17, 15) is 14.4 Å². The fraction of sp³-hybridized carbons (Fsp3) is 0.571. The first-order valence-electron chi connectivity index (χ1n) is 9.95. The van der Waals surface area contributed by atoms with Gasteiger partial charge in [0.25, 0.3) is 0 Å². The topological polar surface area (TPSA) is 97.0 Å². The molecule has 1 aromatic carbocycles. The molecule has 0 atom stereocenters. The molecule has 0 unspecified atom stereocenters. The standard InChI is InChI=1S/C21H31N3O5/c1-21(2,3)29-20(27)22-15-18(25)23-16-9-12-24(13-10-16)19(26)11-14-28-17-7-5-4-6-8-17/h4-8,16H,9-15H2,1-3H3,(H,22,27)(H,23,25). The number of carbonyl (C=O) groups is 3. The molecule has 1 aliphatic heterocycles. The summed E-state index contributed by atoms with van der Waals surface area (Å²) < 4.78 is 10.7. The van der Waals surface area contributed by atoms with Crippen molar-refractivity contribution in [1.82, 2.24) is 15.5 Å². The molecule has 0 radical (unpaired) electrons. The minimum absolute atomic E-state index is 0.00689. The number of rotatable bonds is 7. The summed E-state index contributed by atoms with van der Waals surface area (Å²) in [5.74, 6) is 0.538. The van der Waals surface area contributed by atoms with E-state index in [1.165, 1.54) is 0 Å². The fourth-order valence-electron chi connectivity index (χ4n) is 2.95. The molecule has 8 nitrogen and oxygen atoms in total. The number of piperidine rings is 1. The molecule has 1 heterocycles. The number of hydrogen-bond acceptors (Lipinski definition) is 5. The molecule has 2 N–H and O–H groups in total. The van der Waals surface area contributed by atoms with Crippen LogP contribution in [0.15, 0.2) is 30.3 Å². The molecular formula is C21H31N3O5. The third-order valence-electron chi connectivity index (χ3n) is 4.33. The van der Waals surface area contributed by atoms with Crippen molar-refractivity contribution in [3.63, 3.8) is 0 Å². The molecule has 1 fully saturated rings. The van der Waals surface area contributed by atoms with Crippen LogP contribution in [-0.4, -0.2) is 60.7 Å². The zero-order valence-electron chi connectivity index (χ0n) is 17.4. The minimum atomic E-state index is -0.620. The van der Waals surface area contributed by atoms with E-state index < -0.39 is 11.7 Å². The molecule has 0 aromatic heterocycles. The zero-order chi connectivity index (χ0) is 21.3. The summed E-state index contributed by atoms with van der Waals surface area (Å²) in [7, 11) is 0. The molecule has 1 saturated heterocycles. The van der Waals surface area contributed by atoms with Gasteiger partial charge in [-0.15, -0.1) is 0 Å².